The molecule has 0 amide bonds. The van der Waals surface area contributed by atoms with Crippen LogP contribution in [0.5, 0.6) is 0 Å². The molecule has 0 bridgehead atoms. The third-order valence-corrected chi connectivity index (χ3v) is 13.6. The maximum Gasteiger partial charge on any atom is 0.306 e. The zero-order valence-electron chi connectivity index (χ0n) is 46.8. The number of unbranched alkanes of at least 4 members (excludes halogenated alkanes) is 37. The smallest absolute Gasteiger partial charge is 0.306 e. The lowest BCUT2D eigenvalue weighted by Gasteiger charge is -2.18. The van der Waals surface area contributed by atoms with Gasteiger partial charge in [-0.1, -0.05) is 268 Å². The van der Waals surface area contributed by atoms with Gasteiger partial charge >= 0.3 is 17.9 Å². The van der Waals surface area contributed by atoms with Gasteiger partial charge in [0.1, 0.15) is 13.2 Å². The highest BCUT2D eigenvalue weighted by atomic mass is 16.6. The summed E-state index contributed by atoms with van der Waals surface area (Å²) in [4.78, 5) is 38.3. The van der Waals surface area contributed by atoms with Crippen molar-refractivity contribution in [3.05, 3.63) is 48.6 Å². The summed E-state index contributed by atoms with van der Waals surface area (Å²) in [5, 5.41) is 0. The first-order valence-electron chi connectivity index (χ1n) is 30.6. The Morgan fingerprint density at radius 2 is 0.514 bits per heavy atom. The number of allylic oxidation sites excluding steroid dienone is 8. The van der Waals surface area contributed by atoms with Crippen LogP contribution in [0.3, 0.4) is 0 Å². The Bertz CT molecular complexity index is 1220. The minimum absolute atomic E-state index is 0.0756. The number of carbonyl (C=O) groups is 3. The van der Waals surface area contributed by atoms with Crippen LogP contribution in [0.25, 0.3) is 0 Å². The van der Waals surface area contributed by atoms with E-state index in [1.165, 1.54) is 199 Å². The monoisotopic (exact) mass is 981 g/mol. The van der Waals surface area contributed by atoms with Crippen molar-refractivity contribution in [2.45, 2.75) is 329 Å². The second kappa shape index (κ2) is 58.9. The molecule has 6 nitrogen and oxygen atoms in total. The van der Waals surface area contributed by atoms with Crippen LogP contribution < -0.4 is 0 Å². The van der Waals surface area contributed by atoms with Gasteiger partial charge in [-0.3, -0.25) is 14.4 Å². The number of rotatable bonds is 56. The fourth-order valence-electron chi connectivity index (χ4n) is 8.92. The largest absolute Gasteiger partial charge is 0.462 e. The SMILES string of the molecule is CCCCC/C=C\C/C=C\CCCCCCCCCC(=O)OC(COC(=O)CCCCCCCCC/C=C\C/C=C\CCCCCC)COC(=O)CCCCCCCCCCCCCCCCCCC. The molecule has 0 aromatic rings. The molecule has 0 radical (unpaired) electrons. The molecule has 0 aliphatic carbocycles. The van der Waals surface area contributed by atoms with E-state index in [2.05, 4.69) is 69.4 Å². The van der Waals surface area contributed by atoms with Gasteiger partial charge in [0.05, 0.1) is 0 Å². The molecular formula is C64H116O6. The fourth-order valence-corrected chi connectivity index (χ4v) is 8.92. The summed E-state index contributed by atoms with van der Waals surface area (Å²) < 4.78 is 16.9. The Morgan fingerprint density at radius 3 is 0.829 bits per heavy atom. The molecule has 0 aliphatic rings. The summed E-state index contributed by atoms with van der Waals surface area (Å²) in [6.45, 7) is 6.63. The fraction of sp³-hybridized carbons (Fsp3) is 0.828. The minimum Gasteiger partial charge on any atom is -0.462 e. The molecule has 1 atom stereocenters. The molecule has 0 aromatic carbocycles. The molecule has 0 spiro atoms. The Morgan fingerprint density at radius 1 is 0.286 bits per heavy atom. The van der Waals surface area contributed by atoms with Crippen LogP contribution in [0.2, 0.25) is 0 Å². The van der Waals surface area contributed by atoms with E-state index in [0.29, 0.717) is 19.3 Å². The van der Waals surface area contributed by atoms with Crippen LogP contribution in [0.4, 0.5) is 0 Å². The molecule has 0 N–H and O–H groups in total. The quantitative estimate of drug-likeness (QED) is 0.0261. The van der Waals surface area contributed by atoms with Crippen molar-refractivity contribution in [3.63, 3.8) is 0 Å². The lowest BCUT2D eigenvalue weighted by Crippen LogP contribution is -2.30. The van der Waals surface area contributed by atoms with Crippen molar-refractivity contribution in [1.29, 1.82) is 0 Å². The average Bonchev–Trinajstić information content (AvgIpc) is 3.36. The molecule has 1 unspecified atom stereocenters. The van der Waals surface area contributed by atoms with Gasteiger partial charge in [0.25, 0.3) is 0 Å². The van der Waals surface area contributed by atoms with E-state index in [1.807, 2.05) is 0 Å². The highest BCUT2D eigenvalue weighted by molar-refractivity contribution is 5.71. The predicted molar refractivity (Wildman–Crippen MR) is 302 cm³/mol. The number of esters is 3. The summed E-state index contributed by atoms with van der Waals surface area (Å²) in [5.41, 5.74) is 0. The highest BCUT2D eigenvalue weighted by Crippen LogP contribution is 2.17. The summed E-state index contributed by atoms with van der Waals surface area (Å²) in [6.07, 6.45) is 72.4. The van der Waals surface area contributed by atoms with Crippen LogP contribution in [0.1, 0.15) is 323 Å². The molecule has 408 valence electrons. The molecule has 0 fully saturated rings. The molecule has 0 aliphatic heterocycles. The number of carbonyl (C=O) groups excluding carboxylic acids is 3. The van der Waals surface area contributed by atoms with E-state index < -0.39 is 6.10 Å². The normalized spacial score (nSPS) is 12.3. The van der Waals surface area contributed by atoms with E-state index in [4.69, 9.17) is 14.2 Å². The van der Waals surface area contributed by atoms with Gasteiger partial charge in [-0.25, -0.2) is 0 Å². The van der Waals surface area contributed by atoms with Crippen molar-refractivity contribution >= 4 is 17.9 Å². The lowest BCUT2D eigenvalue weighted by molar-refractivity contribution is -0.167. The Kier molecular flexibility index (Phi) is 56.7. The van der Waals surface area contributed by atoms with Crippen molar-refractivity contribution in [3.8, 4) is 0 Å². The molecule has 0 saturated carbocycles. The maximum atomic E-state index is 12.9. The van der Waals surface area contributed by atoms with Crippen LogP contribution in [-0.2, 0) is 28.6 Å². The average molecular weight is 982 g/mol. The molecular weight excluding hydrogens is 865 g/mol. The van der Waals surface area contributed by atoms with Crippen molar-refractivity contribution in [1.82, 2.24) is 0 Å². The van der Waals surface area contributed by atoms with Gasteiger partial charge in [0.2, 0.25) is 0 Å². The van der Waals surface area contributed by atoms with E-state index in [1.54, 1.807) is 0 Å². The molecule has 0 heterocycles. The molecule has 0 rings (SSSR count). The molecule has 70 heavy (non-hydrogen) atoms. The third kappa shape index (κ3) is 56.3. The van der Waals surface area contributed by atoms with Gasteiger partial charge in [-0.15, -0.1) is 0 Å². The first-order valence-corrected chi connectivity index (χ1v) is 30.6. The van der Waals surface area contributed by atoms with E-state index in [9.17, 15) is 14.4 Å². The van der Waals surface area contributed by atoms with Gasteiger partial charge < -0.3 is 14.2 Å². The van der Waals surface area contributed by atoms with Crippen LogP contribution in [0, 0.1) is 0 Å². The second-order valence-electron chi connectivity index (χ2n) is 20.6. The minimum atomic E-state index is -0.779. The van der Waals surface area contributed by atoms with Gasteiger partial charge in [0.15, 0.2) is 6.10 Å². The number of hydrogen-bond acceptors (Lipinski definition) is 6. The summed E-state index contributed by atoms with van der Waals surface area (Å²) in [7, 11) is 0. The number of hydrogen-bond donors (Lipinski definition) is 0. The highest BCUT2D eigenvalue weighted by Gasteiger charge is 2.19. The standard InChI is InChI=1S/C64H116O6/c1-4-7-10-13-16-19-22-25-28-31-34-36-39-42-45-48-51-54-57-63(66)69-60-61(70-64(67)58-55-52-49-46-43-40-37-33-30-27-24-21-18-15-12-9-6-3)59-68-62(65)56-53-50-47-44-41-38-35-32-29-26-23-20-17-14-11-8-5-2/h18-19,21-22,27-28,30-31,61H,4-17,20,23-26,29,32-60H2,1-3H3/b21-18-,22-19-,30-27-,31-28-. The summed E-state index contributed by atoms with van der Waals surface area (Å²) in [5.74, 6) is -0.873. The van der Waals surface area contributed by atoms with Crippen molar-refractivity contribution in [2.24, 2.45) is 0 Å². The second-order valence-corrected chi connectivity index (χ2v) is 20.6. The van der Waals surface area contributed by atoms with Crippen LogP contribution >= 0.6 is 0 Å². The van der Waals surface area contributed by atoms with Gasteiger partial charge in [0, 0.05) is 19.3 Å². The van der Waals surface area contributed by atoms with Gasteiger partial charge in [-0.2, -0.15) is 0 Å². The van der Waals surface area contributed by atoms with Crippen molar-refractivity contribution < 1.29 is 28.6 Å². The molecule has 6 heteroatoms. The van der Waals surface area contributed by atoms with E-state index >= 15 is 0 Å². The lowest BCUT2D eigenvalue weighted by atomic mass is 10.0. The van der Waals surface area contributed by atoms with Crippen LogP contribution in [0.15, 0.2) is 48.6 Å². The molecule has 0 saturated heterocycles. The van der Waals surface area contributed by atoms with E-state index in [0.717, 1.165) is 83.5 Å². The first kappa shape index (κ1) is 67.4. The zero-order chi connectivity index (χ0) is 50.7. The summed E-state index contributed by atoms with van der Waals surface area (Å²) >= 11 is 0. The zero-order valence-corrected chi connectivity index (χ0v) is 46.8. The predicted octanol–water partition coefficient (Wildman–Crippen LogP) is 20.6. The topological polar surface area (TPSA) is 78.9 Å². The summed E-state index contributed by atoms with van der Waals surface area (Å²) in [6, 6.07) is 0. The Labute approximate surface area is 435 Å². The first-order chi connectivity index (χ1) is 34.5. The van der Waals surface area contributed by atoms with Crippen molar-refractivity contribution in [2.75, 3.05) is 13.2 Å². The Balaban J connectivity index is 4.37. The third-order valence-electron chi connectivity index (χ3n) is 13.6. The number of ether oxygens (including phenoxy) is 3. The van der Waals surface area contributed by atoms with E-state index in [-0.39, 0.29) is 31.1 Å². The van der Waals surface area contributed by atoms with Gasteiger partial charge in [-0.05, 0) is 83.5 Å². The molecule has 0 aromatic heterocycles. The maximum absolute atomic E-state index is 12.9. The van der Waals surface area contributed by atoms with Crippen LogP contribution in [-0.4, -0.2) is 37.2 Å². The Hall–Kier alpha value is -2.63.